The average molecular weight is 386 g/mol. The van der Waals surface area contributed by atoms with E-state index in [1.807, 2.05) is 0 Å². The second kappa shape index (κ2) is 7.00. The van der Waals surface area contributed by atoms with E-state index in [2.05, 4.69) is 39.9 Å². The Morgan fingerprint density at radius 3 is 2.43 bits per heavy atom. The molecule has 1 heteroatoms. The predicted octanol–water partition coefficient (Wildman–Crippen LogP) is 7.06. The van der Waals surface area contributed by atoms with Crippen LogP contribution in [0, 0.1) is 52.3 Å². The summed E-state index contributed by atoms with van der Waals surface area (Å²) in [5.74, 6) is 7.01. The molecule has 1 aliphatic heterocycles. The third-order valence-electron chi connectivity index (χ3n) is 11.3. The number of hydrogen-bond donors (Lipinski definition) is 1. The standard InChI is InChI=1S/C27H47N/c1-17(2)7-6-8-18(3)21-11-12-22-20-10-9-19-15-24-25(28-24)16-27(19,5)23(20)13-14-26(21,22)4/h17-25,28H,6-16H2,1-5H3/t18-,19+,20+,21-,22+,23+,24-,25-,26-,27+/m1/s1. The highest BCUT2D eigenvalue weighted by Gasteiger charge is 2.63. The Labute approximate surface area is 175 Å². The van der Waals surface area contributed by atoms with Crippen LogP contribution in [-0.2, 0) is 0 Å². The molecular formula is C27H47N. The van der Waals surface area contributed by atoms with Gasteiger partial charge in [-0.25, -0.2) is 0 Å². The largest absolute Gasteiger partial charge is 0.308 e. The molecular weight excluding hydrogens is 338 g/mol. The molecule has 0 radical (unpaired) electrons. The van der Waals surface area contributed by atoms with Crippen molar-refractivity contribution in [1.82, 2.24) is 5.32 Å². The zero-order valence-electron chi connectivity index (χ0n) is 19.5. The average Bonchev–Trinajstić information content (AvgIpc) is 3.27. The minimum atomic E-state index is 0.663. The van der Waals surface area contributed by atoms with E-state index in [1.165, 1.54) is 32.1 Å². The van der Waals surface area contributed by atoms with Crippen LogP contribution in [-0.4, -0.2) is 12.1 Å². The van der Waals surface area contributed by atoms with Crippen molar-refractivity contribution >= 4 is 0 Å². The Kier molecular flexibility index (Phi) is 4.97. The molecule has 0 aromatic heterocycles. The lowest BCUT2D eigenvalue weighted by molar-refractivity contribution is -0.110. The molecule has 1 heterocycles. The first-order valence-electron chi connectivity index (χ1n) is 13.1. The fourth-order valence-electron chi connectivity index (χ4n) is 9.70. The van der Waals surface area contributed by atoms with Crippen LogP contribution in [0.25, 0.3) is 0 Å². The van der Waals surface area contributed by atoms with Crippen LogP contribution in [0.4, 0.5) is 0 Å². The van der Waals surface area contributed by atoms with Gasteiger partial charge in [0.1, 0.15) is 0 Å². The zero-order chi connectivity index (χ0) is 19.7. The number of nitrogens with one attached hydrogen (secondary N) is 1. The van der Waals surface area contributed by atoms with Crippen LogP contribution in [0.5, 0.6) is 0 Å². The first-order chi connectivity index (χ1) is 13.3. The van der Waals surface area contributed by atoms with Gasteiger partial charge in [-0.1, -0.05) is 53.9 Å². The number of fused-ring (bicyclic) bond motifs is 6. The number of rotatable bonds is 5. The molecule has 0 spiro atoms. The summed E-state index contributed by atoms with van der Waals surface area (Å²) < 4.78 is 0. The Bertz CT molecular complexity index is 583. The summed E-state index contributed by atoms with van der Waals surface area (Å²) >= 11 is 0. The highest BCUT2D eigenvalue weighted by molar-refractivity contribution is 5.15. The lowest BCUT2D eigenvalue weighted by atomic mass is 9.44. The first-order valence-corrected chi connectivity index (χ1v) is 13.1. The van der Waals surface area contributed by atoms with Gasteiger partial charge in [-0.2, -0.15) is 0 Å². The first kappa shape index (κ1) is 19.9. The smallest absolute Gasteiger partial charge is 0.0230 e. The highest BCUT2D eigenvalue weighted by atomic mass is 15.2. The van der Waals surface area contributed by atoms with Crippen molar-refractivity contribution in [1.29, 1.82) is 0 Å². The minimum Gasteiger partial charge on any atom is -0.308 e. The van der Waals surface area contributed by atoms with Crippen LogP contribution in [0.2, 0.25) is 0 Å². The number of hydrogen-bond acceptors (Lipinski definition) is 1. The molecule has 0 aromatic carbocycles. The van der Waals surface area contributed by atoms with E-state index in [1.54, 1.807) is 38.5 Å². The molecule has 5 fully saturated rings. The normalized spacial score (nSPS) is 53.1. The second-order valence-electron chi connectivity index (χ2n) is 13.0. The molecule has 0 bridgehead atoms. The summed E-state index contributed by atoms with van der Waals surface area (Å²) in [5.41, 5.74) is 1.33. The molecule has 1 nitrogen and oxygen atoms in total. The summed E-state index contributed by atoms with van der Waals surface area (Å²) in [6.45, 7) is 12.9. The van der Waals surface area contributed by atoms with Crippen LogP contribution in [0.3, 0.4) is 0 Å². The van der Waals surface area contributed by atoms with Crippen LogP contribution in [0.1, 0.15) is 105 Å². The van der Waals surface area contributed by atoms with Gasteiger partial charge >= 0.3 is 0 Å². The van der Waals surface area contributed by atoms with Gasteiger partial charge in [-0.05, 0) is 104 Å². The van der Waals surface area contributed by atoms with Gasteiger partial charge < -0.3 is 5.32 Å². The van der Waals surface area contributed by atoms with E-state index in [4.69, 9.17) is 0 Å². The summed E-state index contributed by atoms with van der Waals surface area (Å²) in [5, 5.41) is 3.81. The van der Waals surface area contributed by atoms with Gasteiger partial charge in [0.15, 0.2) is 0 Å². The molecule has 5 aliphatic rings. The van der Waals surface area contributed by atoms with Gasteiger partial charge in [0.05, 0.1) is 0 Å². The van der Waals surface area contributed by atoms with Crippen molar-refractivity contribution in [3.8, 4) is 0 Å². The monoisotopic (exact) mass is 385 g/mol. The Morgan fingerprint density at radius 1 is 0.857 bits per heavy atom. The van der Waals surface area contributed by atoms with E-state index in [0.717, 1.165) is 53.5 Å². The molecule has 0 unspecified atom stereocenters. The maximum atomic E-state index is 3.81. The van der Waals surface area contributed by atoms with E-state index in [-0.39, 0.29) is 0 Å². The molecule has 10 atom stereocenters. The Morgan fingerprint density at radius 2 is 1.64 bits per heavy atom. The van der Waals surface area contributed by atoms with Crippen molar-refractivity contribution in [2.75, 3.05) is 0 Å². The zero-order valence-corrected chi connectivity index (χ0v) is 19.5. The van der Waals surface area contributed by atoms with Gasteiger partial charge in [0.25, 0.3) is 0 Å². The van der Waals surface area contributed by atoms with Crippen LogP contribution in [0.15, 0.2) is 0 Å². The van der Waals surface area contributed by atoms with Gasteiger partial charge in [-0.3, -0.25) is 0 Å². The molecule has 1 N–H and O–H groups in total. The summed E-state index contributed by atoms with van der Waals surface area (Å²) in [6, 6.07) is 1.80. The highest BCUT2D eigenvalue weighted by Crippen LogP contribution is 2.69. The van der Waals surface area contributed by atoms with Crippen molar-refractivity contribution in [2.24, 2.45) is 52.3 Å². The van der Waals surface area contributed by atoms with Crippen molar-refractivity contribution in [3.63, 3.8) is 0 Å². The lowest BCUT2D eigenvalue weighted by Crippen LogP contribution is -2.54. The van der Waals surface area contributed by atoms with Gasteiger partial charge in [-0.15, -0.1) is 0 Å². The predicted molar refractivity (Wildman–Crippen MR) is 119 cm³/mol. The van der Waals surface area contributed by atoms with E-state index < -0.39 is 0 Å². The quantitative estimate of drug-likeness (QED) is 0.503. The fraction of sp³-hybridized carbons (Fsp3) is 1.00. The summed E-state index contributed by atoms with van der Waals surface area (Å²) in [4.78, 5) is 0. The molecule has 28 heavy (non-hydrogen) atoms. The molecule has 4 aliphatic carbocycles. The van der Waals surface area contributed by atoms with E-state index in [0.29, 0.717) is 10.8 Å². The Hall–Kier alpha value is -0.0400. The SMILES string of the molecule is CC(C)CCC[C@@H](C)[C@H]1CC[C@H]2[C@@H]3CC[C@H]4C[C@H]5N[C@@H]5C[C@]4(C)[C@H]3CC[C@]12C. The lowest BCUT2D eigenvalue weighted by Gasteiger charge is -2.60. The van der Waals surface area contributed by atoms with Gasteiger partial charge in [0.2, 0.25) is 0 Å². The van der Waals surface area contributed by atoms with Crippen LogP contribution < -0.4 is 5.32 Å². The topological polar surface area (TPSA) is 21.9 Å². The third-order valence-corrected chi connectivity index (χ3v) is 11.3. The van der Waals surface area contributed by atoms with Gasteiger partial charge in [0, 0.05) is 12.1 Å². The van der Waals surface area contributed by atoms with E-state index in [9.17, 15) is 0 Å². The van der Waals surface area contributed by atoms with Crippen molar-refractivity contribution in [3.05, 3.63) is 0 Å². The third kappa shape index (κ3) is 3.04. The molecule has 1 saturated heterocycles. The molecule has 5 rings (SSSR count). The summed E-state index contributed by atoms with van der Waals surface area (Å²) in [6.07, 6.45) is 16.7. The van der Waals surface area contributed by atoms with Crippen LogP contribution >= 0.6 is 0 Å². The van der Waals surface area contributed by atoms with Crippen molar-refractivity contribution in [2.45, 2.75) is 117 Å². The minimum absolute atomic E-state index is 0.663. The summed E-state index contributed by atoms with van der Waals surface area (Å²) in [7, 11) is 0. The molecule has 160 valence electrons. The molecule has 0 amide bonds. The molecule has 0 aromatic rings. The Balaban J connectivity index is 1.30. The maximum Gasteiger partial charge on any atom is 0.0230 e. The van der Waals surface area contributed by atoms with E-state index >= 15 is 0 Å². The van der Waals surface area contributed by atoms with Crippen molar-refractivity contribution < 1.29 is 0 Å². The fourth-order valence-corrected chi connectivity index (χ4v) is 9.70. The maximum absolute atomic E-state index is 3.81. The molecule has 4 saturated carbocycles. The second-order valence-corrected chi connectivity index (χ2v) is 13.0.